The predicted molar refractivity (Wildman–Crippen MR) is 90.5 cm³/mol. The van der Waals surface area contributed by atoms with E-state index < -0.39 is 11.7 Å². The summed E-state index contributed by atoms with van der Waals surface area (Å²) in [5.74, 6) is 0.303. The van der Waals surface area contributed by atoms with Gasteiger partial charge in [0.05, 0.1) is 5.69 Å². The fourth-order valence-corrected chi connectivity index (χ4v) is 1.45. The smallest absolute Gasteiger partial charge is 0.412 e. The third-order valence-electron chi connectivity index (χ3n) is 2.45. The number of phenols is 2. The number of ether oxygens (including phenoxy) is 1. The molecule has 6 heteroatoms. The lowest BCUT2D eigenvalue weighted by Crippen LogP contribution is -2.27. The summed E-state index contributed by atoms with van der Waals surface area (Å²) < 4.78 is 5.06. The molecule has 0 aliphatic rings. The Bertz CT molecular complexity index is 613. The highest BCUT2D eigenvalue weighted by molar-refractivity contribution is 5.84. The summed E-state index contributed by atoms with van der Waals surface area (Å²) in [6.45, 7) is 5.39. The number of phenolic OH excluding ortho intramolecular Hbond substituents is 2. The van der Waals surface area contributed by atoms with Crippen molar-refractivity contribution in [2.75, 3.05) is 11.1 Å². The van der Waals surface area contributed by atoms with E-state index in [1.807, 2.05) is 0 Å². The first-order valence-corrected chi connectivity index (χ1v) is 7.00. The Morgan fingerprint density at radius 2 is 1.61 bits per heavy atom. The zero-order valence-corrected chi connectivity index (χ0v) is 13.4. The van der Waals surface area contributed by atoms with E-state index in [9.17, 15) is 4.79 Å². The van der Waals surface area contributed by atoms with Gasteiger partial charge in [0, 0.05) is 5.69 Å². The molecule has 2 rings (SSSR count). The molecule has 0 saturated carbocycles. The van der Waals surface area contributed by atoms with Crippen LogP contribution in [0, 0.1) is 0 Å². The van der Waals surface area contributed by atoms with Gasteiger partial charge in [0.1, 0.15) is 17.1 Å². The van der Waals surface area contributed by atoms with E-state index in [0.717, 1.165) is 0 Å². The molecule has 0 fully saturated rings. The van der Waals surface area contributed by atoms with Crippen molar-refractivity contribution in [1.29, 1.82) is 0 Å². The second kappa shape index (κ2) is 7.93. The minimum Gasteiger partial charge on any atom is -0.508 e. The van der Waals surface area contributed by atoms with E-state index in [1.165, 1.54) is 12.1 Å². The highest BCUT2D eigenvalue weighted by Crippen LogP contribution is 2.16. The number of nitrogens with two attached hydrogens (primary N) is 1. The monoisotopic (exact) mass is 318 g/mol. The van der Waals surface area contributed by atoms with Crippen molar-refractivity contribution in [3.8, 4) is 11.5 Å². The number of aromatic hydroxyl groups is 2. The van der Waals surface area contributed by atoms with Gasteiger partial charge in [0.15, 0.2) is 0 Å². The Balaban J connectivity index is 0.000000277. The average molecular weight is 318 g/mol. The average Bonchev–Trinajstić information content (AvgIpc) is 2.43. The molecule has 0 aliphatic heterocycles. The van der Waals surface area contributed by atoms with Gasteiger partial charge in [0.2, 0.25) is 0 Å². The van der Waals surface area contributed by atoms with Crippen molar-refractivity contribution in [2.24, 2.45) is 0 Å². The summed E-state index contributed by atoms with van der Waals surface area (Å²) >= 11 is 0. The first-order valence-electron chi connectivity index (χ1n) is 7.00. The van der Waals surface area contributed by atoms with Crippen LogP contribution >= 0.6 is 0 Å². The fourth-order valence-electron chi connectivity index (χ4n) is 1.45. The zero-order chi connectivity index (χ0) is 17.5. The van der Waals surface area contributed by atoms with Gasteiger partial charge >= 0.3 is 6.09 Å². The molecular weight excluding hydrogens is 296 g/mol. The first-order chi connectivity index (χ1) is 10.7. The third kappa shape index (κ3) is 7.61. The van der Waals surface area contributed by atoms with Crippen LogP contribution in [0.5, 0.6) is 11.5 Å². The van der Waals surface area contributed by atoms with Crippen molar-refractivity contribution in [2.45, 2.75) is 26.4 Å². The number of hydrogen-bond donors (Lipinski definition) is 4. The van der Waals surface area contributed by atoms with E-state index in [1.54, 1.807) is 57.2 Å². The number of benzene rings is 2. The number of para-hydroxylation sites is 2. The molecule has 2 aromatic carbocycles. The standard InChI is InChI=1S/C11H15NO3.C6H7NO/c1-11(2,3)15-10(14)12-8-4-6-9(13)7-5-8;7-5-3-1-2-4-6(5)8/h4-7,13H,1-3H3,(H,12,14);1-4,8H,7H2. The Morgan fingerprint density at radius 3 is 2.04 bits per heavy atom. The second-order valence-electron chi connectivity index (χ2n) is 5.73. The summed E-state index contributed by atoms with van der Waals surface area (Å²) in [5.41, 5.74) is 5.77. The fraction of sp³-hybridized carbons (Fsp3) is 0.235. The van der Waals surface area contributed by atoms with Crippen molar-refractivity contribution in [1.82, 2.24) is 0 Å². The number of carbonyl (C=O) groups excluding carboxylic acids is 1. The Morgan fingerprint density at radius 1 is 1.04 bits per heavy atom. The predicted octanol–water partition coefficient (Wildman–Crippen LogP) is 3.71. The van der Waals surface area contributed by atoms with E-state index >= 15 is 0 Å². The molecule has 0 aromatic heterocycles. The number of nitrogens with one attached hydrogen (secondary N) is 1. The Labute approximate surface area is 135 Å². The molecule has 6 nitrogen and oxygen atoms in total. The van der Waals surface area contributed by atoms with Gasteiger partial charge in [-0.2, -0.15) is 0 Å². The summed E-state index contributed by atoms with van der Waals surface area (Å²) in [5, 5.41) is 20.4. The number of hydrogen-bond acceptors (Lipinski definition) is 5. The Kier molecular flexibility index (Phi) is 6.26. The summed E-state index contributed by atoms with van der Waals surface area (Å²) in [7, 11) is 0. The first kappa shape index (κ1) is 18.2. The molecular formula is C17H22N2O4. The van der Waals surface area contributed by atoms with E-state index in [0.29, 0.717) is 11.4 Å². The third-order valence-corrected chi connectivity index (χ3v) is 2.45. The molecule has 0 atom stereocenters. The van der Waals surface area contributed by atoms with Crippen LogP contribution in [0.3, 0.4) is 0 Å². The van der Waals surface area contributed by atoms with Crippen LogP contribution in [0.25, 0.3) is 0 Å². The number of carbonyl (C=O) groups is 1. The van der Waals surface area contributed by atoms with Crippen molar-refractivity contribution in [3.63, 3.8) is 0 Å². The topological polar surface area (TPSA) is 105 Å². The number of rotatable bonds is 1. The lowest BCUT2D eigenvalue weighted by Gasteiger charge is -2.19. The molecule has 0 radical (unpaired) electrons. The lowest BCUT2D eigenvalue weighted by atomic mass is 10.2. The maximum atomic E-state index is 11.3. The van der Waals surface area contributed by atoms with Gasteiger partial charge in [-0.15, -0.1) is 0 Å². The minimum absolute atomic E-state index is 0.146. The van der Waals surface area contributed by atoms with Crippen molar-refractivity contribution < 1.29 is 19.7 Å². The largest absolute Gasteiger partial charge is 0.508 e. The quantitative estimate of drug-likeness (QED) is 0.364. The second-order valence-corrected chi connectivity index (χ2v) is 5.73. The molecule has 2 aromatic rings. The summed E-state index contributed by atoms with van der Waals surface area (Å²) in [6.07, 6.45) is -0.506. The SMILES string of the molecule is CC(C)(C)OC(=O)Nc1ccc(O)cc1.Nc1ccccc1O. The highest BCUT2D eigenvalue weighted by atomic mass is 16.6. The van der Waals surface area contributed by atoms with Gasteiger partial charge in [-0.05, 0) is 57.2 Å². The van der Waals surface area contributed by atoms with Crippen LogP contribution in [0.15, 0.2) is 48.5 Å². The number of anilines is 2. The van der Waals surface area contributed by atoms with Gasteiger partial charge in [-0.25, -0.2) is 4.79 Å². The molecule has 0 saturated heterocycles. The van der Waals surface area contributed by atoms with Crippen LogP contribution in [0.4, 0.5) is 16.2 Å². The van der Waals surface area contributed by atoms with Crippen molar-refractivity contribution in [3.05, 3.63) is 48.5 Å². The van der Waals surface area contributed by atoms with Crippen LogP contribution in [-0.4, -0.2) is 21.9 Å². The van der Waals surface area contributed by atoms with Gasteiger partial charge in [-0.3, -0.25) is 5.32 Å². The molecule has 1 amide bonds. The van der Waals surface area contributed by atoms with E-state index in [4.69, 9.17) is 20.7 Å². The number of nitrogen functional groups attached to an aromatic ring is 1. The highest BCUT2D eigenvalue weighted by Gasteiger charge is 2.15. The maximum Gasteiger partial charge on any atom is 0.412 e. The molecule has 0 spiro atoms. The van der Waals surface area contributed by atoms with Gasteiger partial charge < -0.3 is 20.7 Å². The molecule has 0 heterocycles. The molecule has 0 bridgehead atoms. The molecule has 23 heavy (non-hydrogen) atoms. The zero-order valence-electron chi connectivity index (χ0n) is 13.4. The van der Waals surface area contributed by atoms with Crippen LogP contribution < -0.4 is 11.1 Å². The normalized spacial score (nSPS) is 10.2. The van der Waals surface area contributed by atoms with E-state index in [2.05, 4.69) is 5.32 Å². The van der Waals surface area contributed by atoms with Crippen LogP contribution in [0.1, 0.15) is 20.8 Å². The molecule has 0 unspecified atom stereocenters. The molecule has 0 aliphatic carbocycles. The Hall–Kier alpha value is -2.89. The molecule has 5 N–H and O–H groups in total. The van der Waals surface area contributed by atoms with Gasteiger partial charge in [-0.1, -0.05) is 12.1 Å². The summed E-state index contributed by atoms with van der Waals surface area (Å²) in [4.78, 5) is 11.3. The maximum absolute atomic E-state index is 11.3. The number of amides is 1. The van der Waals surface area contributed by atoms with E-state index in [-0.39, 0.29) is 11.5 Å². The molecule has 124 valence electrons. The minimum atomic E-state index is -0.513. The summed E-state index contributed by atoms with van der Waals surface area (Å²) in [6, 6.07) is 12.9. The van der Waals surface area contributed by atoms with Gasteiger partial charge in [0.25, 0.3) is 0 Å². The van der Waals surface area contributed by atoms with Crippen LogP contribution in [0.2, 0.25) is 0 Å². The van der Waals surface area contributed by atoms with Crippen molar-refractivity contribution >= 4 is 17.5 Å². The lowest BCUT2D eigenvalue weighted by molar-refractivity contribution is 0.0636. The van der Waals surface area contributed by atoms with Crippen LogP contribution in [-0.2, 0) is 4.74 Å².